The van der Waals surface area contributed by atoms with Gasteiger partial charge < -0.3 is 19.7 Å². The Morgan fingerprint density at radius 3 is 2.25 bits per heavy atom. The fraction of sp³-hybridized carbons (Fsp3) is 0.600. The second kappa shape index (κ2) is 4.48. The summed E-state index contributed by atoms with van der Waals surface area (Å²) in [6.07, 6.45) is 0. The van der Waals surface area contributed by atoms with Crippen LogP contribution in [0.2, 0.25) is 0 Å². The maximum absolute atomic E-state index is 10.3. The molecule has 0 aromatic heterocycles. The summed E-state index contributed by atoms with van der Waals surface area (Å²) < 4.78 is 12.2. The zero-order valence-corrected chi connectivity index (χ0v) is 12.6. The van der Waals surface area contributed by atoms with Crippen molar-refractivity contribution in [1.29, 1.82) is 0 Å². The van der Waals surface area contributed by atoms with Crippen LogP contribution in [0.15, 0.2) is 18.2 Å². The van der Waals surface area contributed by atoms with Gasteiger partial charge in [0.1, 0.15) is 5.75 Å². The second-order valence-electron chi connectivity index (χ2n) is 6.72. The standard InChI is InChI=1S/C15H22BNO3/c1-14(2)15(3,4)20-16(19-14)13-11(10-8-17-9-10)6-5-7-12(13)18/h5-7,10,17-18H,8-9H2,1-4H3. The Bertz CT molecular complexity index is 510. The van der Waals surface area contributed by atoms with E-state index < -0.39 is 18.3 Å². The largest absolute Gasteiger partial charge is 0.508 e. The van der Waals surface area contributed by atoms with Crippen LogP contribution in [-0.2, 0) is 9.31 Å². The van der Waals surface area contributed by atoms with Gasteiger partial charge in [-0.15, -0.1) is 0 Å². The summed E-state index contributed by atoms with van der Waals surface area (Å²) in [5.41, 5.74) is 1.13. The molecule has 0 amide bonds. The highest BCUT2D eigenvalue weighted by atomic mass is 16.7. The fourth-order valence-corrected chi connectivity index (χ4v) is 2.65. The summed E-state index contributed by atoms with van der Waals surface area (Å²) in [6, 6.07) is 5.65. The SMILES string of the molecule is CC1(C)OB(c2c(O)cccc2C2CNC2)OC1(C)C. The monoisotopic (exact) mass is 275 g/mol. The Morgan fingerprint density at radius 1 is 1.15 bits per heavy atom. The van der Waals surface area contributed by atoms with Crippen LogP contribution in [-0.4, -0.2) is 36.5 Å². The molecule has 0 bridgehead atoms. The Hall–Kier alpha value is -1.04. The third kappa shape index (κ3) is 2.05. The third-order valence-corrected chi connectivity index (χ3v) is 4.83. The minimum absolute atomic E-state index is 0.257. The highest BCUT2D eigenvalue weighted by Gasteiger charge is 2.53. The second-order valence-corrected chi connectivity index (χ2v) is 6.72. The van der Waals surface area contributed by atoms with E-state index in [9.17, 15) is 5.11 Å². The van der Waals surface area contributed by atoms with Gasteiger partial charge in [-0.05, 0) is 39.3 Å². The first-order chi connectivity index (χ1) is 9.32. The predicted molar refractivity (Wildman–Crippen MR) is 79.4 cm³/mol. The number of aromatic hydroxyl groups is 1. The molecule has 2 aliphatic heterocycles. The van der Waals surface area contributed by atoms with E-state index in [4.69, 9.17) is 9.31 Å². The number of phenolic OH excluding ortho intramolecular Hbond substituents is 1. The van der Waals surface area contributed by atoms with Gasteiger partial charge in [-0.3, -0.25) is 0 Å². The van der Waals surface area contributed by atoms with Crippen molar-refractivity contribution < 1.29 is 14.4 Å². The lowest BCUT2D eigenvalue weighted by atomic mass is 9.71. The lowest BCUT2D eigenvalue weighted by Gasteiger charge is -2.32. The minimum atomic E-state index is -0.503. The van der Waals surface area contributed by atoms with E-state index >= 15 is 0 Å². The molecule has 0 radical (unpaired) electrons. The molecule has 20 heavy (non-hydrogen) atoms. The first-order valence-corrected chi connectivity index (χ1v) is 7.20. The average molecular weight is 275 g/mol. The molecule has 0 unspecified atom stereocenters. The summed E-state index contributed by atoms with van der Waals surface area (Å²) >= 11 is 0. The van der Waals surface area contributed by atoms with Gasteiger partial charge in [-0.1, -0.05) is 12.1 Å². The van der Waals surface area contributed by atoms with Crippen molar-refractivity contribution >= 4 is 12.6 Å². The van der Waals surface area contributed by atoms with Crippen molar-refractivity contribution in [3.8, 4) is 5.75 Å². The first-order valence-electron chi connectivity index (χ1n) is 7.20. The molecule has 5 heteroatoms. The van der Waals surface area contributed by atoms with Crippen molar-refractivity contribution in [2.24, 2.45) is 0 Å². The molecule has 2 fully saturated rings. The smallest absolute Gasteiger partial charge is 0.498 e. The number of benzene rings is 1. The summed E-state index contributed by atoms with van der Waals surface area (Å²) in [5, 5.41) is 13.5. The van der Waals surface area contributed by atoms with Crippen LogP contribution in [0.4, 0.5) is 0 Å². The molecule has 3 rings (SSSR count). The molecule has 2 saturated heterocycles. The number of hydrogen-bond donors (Lipinski definition) is 2. The average Bonchev–Trinajstić information content (AvgIpc) is 2.45. The molecule has 0 saturated carbocycles. The minimum Gasteiger partial charge on any atom is -0.508 e. The molecule has 0 aliphatic carbocycles. The lowest BCUT2D eigenvalue weighted by molar-refractivity contribution is 0.00578. The van der Waals surface area contributed by atoms with Gasteiger partial charge >= 0.3 is 7.12 Å². The van der Waals surface area contributed by atoms with Crippen LogP contribution in [0.1, 0.15) is 39.2 Å². The van der Waals surface area contributed by atoms with Crippen LogP contribution in [0.5, 0.6) is 5.75 Å². The number of phenols is 1. The molecule has 4 nitrogen and oxygen atoms in total. The quantitative estimate of drug-likeness (QED) is 0.801. The Labute approximate surface area is 120 Å². The summed E-state index contributed by atoms with van der Waals surface area (Å²) in [7, 11) is -0.503. The third-order valence-electron chi connectivity index (χ3n) is 4.83. The van der Waals surface area contributed by atoms with E-state index in [0.29, 0.717) is 5.92 Å². The molecule has 0 spiro atoms. The number of hydrogen-bond acceptors (Lipinski definition) is 4. The van der Waals surface area contributed by atoms with Crippen molar-refractivity contribution in [3.63, 3.8) is 0 Å². The highest BCUT2D eigenvalue weighted by Crippen LogP contribution is 2.38. The van der Waals surface area contributed by atoms with E-state index in [1.807, 2.05) is 33.8 Å². The van der Waals surface area contributed by atoms with Crippen molar-refractivity contribution in [1.82, 2.24) is 5.32 Å². The Morgan fingerprint density at radius 2 is 1.75 bits per heavy atom. The van der Waals surface area contributed by atoms with Crippen LogP contribution >= 0.6 is 0 Å². The molecular formula is C15H22BNO3. The van der Waals surface area contributed by atoms with E-state index in [1.54, 1.807) is 6.07 Å². The zero-order valence-electron chi connectivity index (χ0n) is 12.6. The maximum atomic E-state index is 10.3. The van der Waals surface area contributed by atoms with Gasteiger partial charge in [0.05, 0.1) is 11.2 Å². The Kier molecular flexibility index (Phi) is 3.12. The van der Waals surface area contributed by atoms with Gasteiger partial charge in [0.15, 0.2) is 0 Å². The molecule has 2 aliphatic rings. The van der Waals surface area contributed by atoms with Crippen molar-refractivity contribution in [2.45, 2.75) is 44.8 Å². The van der Waals surface area contributed by atoms with Gasteiger partial charge in [0.2, 0.25) is 0 Å². The molecule has 2 N–H and O–H groups in total. The van der Waals surface area contributed by atoms with Crippen LogP contribution in [0.25, 0.3) is 0 Å². The van der Waals surface area contributed by atoms with E-state index in [0.717, 1.165) is 24.1 Å². The van der Waals surface area contributed by atoms with Crippen LogP contribution in [0.3, 0.4) is 0 Å². The zero-order chi connectivity index (χ0) is 14.5. The number of nitrogens with one attached hydrogen (secondary N) is 1. The molecule has 2 heterocycles. The van der Waals surface area contributed by atoms with E-state index in [2.05, 4.69) is 11.4 Å². The van der Waals surface area contributed by atoms with Crippen molar-refractivity contribution in [2.75, 3.05) is 13.1 Å². The summed E-state index contributed by atoms with van der Waals surface area (Å²) in [5.74, 6) is 0.684. The van der Waals surface area contributed by atoms with Crippen LogP contribution < -0.4 is 10.8 Å². The summed E-state index contributed by atoms with van der Waals surface area (Å²) in [6.45, 7) is 9.98. The van der Waals surface area contributed by atoms with Crippen LogP contribution in [0, 0.1) is 0 Å². The lowest BCUT2D eigenvalue weighted by Crippen LogP contribution is -2.46. The molecule has 1 aromatic carbocycles. The normalized spacial score (nSPS) is 24.7. The van der Waals surface area contributed by atoms with E-state index in [1.165, 1.54) is 0 Å². The van der Waals surface area contributed by atoms with Gasteiger partial charge in [-0.2, -0.15) is 0 Å². The molecule has 108 valence electrons. The van der Waals surface area contributed by atoms with E-state index in [-0.39, 0.29) is 5.75 Å². The molecule has 0 atom stereocenters. The first kappa shape index (κ1) is 13.9. The number of rotatable bonds is 2. The topological polar surface area (TPSA) is 50.7 Å². The maximum Gasteiger partial charge on any atom is 0.498 e. The predicted octanol–water partition coefficient (Wildman–Crippen LogP) is 1.38. The van der Waals surface area contributed by atoms with Gasteiger partial charge in [0.25, 0.3) is 0 Å². The van der Waals surface area contributed by atoms with Gasteiger partial charge in [0, 0.05) is 24.5 Å². The summed E-state index contributed by atoms with van der Waals surface area (Å²) in [4.78, 5) is 0. The van der Waals surface area contributed by atoms with Crippen molar-refractivity contribution in [3.05, 3.63) is 23.8 Å². The Balaban J connectivity index is 1.99. The molecule has 1 aromatic rings. The highest BCUT2D eigenvalue weighted by molar-refractivity contribution is 6.63. The fourth-order valence-electron chi connectivity index (χ4n) is 2.65. The van der Waals surface area contributed by atoms with Gasteiger partial charge in [-0.25, -0.2) is 0 Å². The molecular weight excluding hydrogens is 253 g/mol.